The van der Waals surface area contributed by atoms with Crippen molar-refractivity contribution in [2.24, 2.45) is 4.99 Å². The second-order valence-corrected chi connectivity index (χ2v) is 9.94. The number of rotatable bonds is 3. The van der Waals surface area contributed by atoms with Crippen molar-refractivity contribution in [3.63, 3.8) is 0 Å². The van der Waals surface area contributed by atoms with E-state index >= 15 is 0 Å². The molecule has 32 heavy (non-hydrogen) atoms. The Morgan fingerprint density at radius 3 is 2.47 bits per heavy atom. The molecule has 4 rings (SSSR count). The molecule has 8 nitrogen and oxygen atoms in total. The Morgan fingerprint density at radius 2 is 1.84 bits per heavy atom. The summed E-state index contributed by atoms with van der Waals surface area (Å²) in [6, 6.07) is 3.17. The molecule has 2 saturated heterocycles. The predicted octanol–water partition coefficient (Wildman–Crippen LogP) is 1.87. The molecule has 0 aliphatic carbocycles. The summed E-state index contributed by atoms with van der Waals surface area (Å²) in [7, 11) is -4.61. The lowest BCUT2D eigenvalue weighted by Crippen LogP contribution is -2.64. The summed E-state index contributed by atoms with van der Waals surface area (Å²) < 4.78 is 74.6. The Bertz CT molecular complexity index is 1030. The molecule has 1 unspecified atom stereocenters. The minimum Gasteiger partial charge on any atom is -0.377 e. The van der Waals surface area contributed by atoms with Crippen molar-refractivity contribution in [1.29, 1.82) is 0 Å². The number of hydrogen-bond donors (Lipinski definition) is 1. The number of morpholine rings is 1. The summed E-state index contributed by atoms with van der Waals surface area (Å²) in [6.45, 7) is 4.62. The molecule has 3 heterocycles. The molecule has 1 aromatic rings. The van der Waals surface area contributed by atoms with Gasteiger partial charge >= 0.3 is 6.18 Å². The zero-order valence-corrected chi connectivity index (χ0v) is 18.5. The largest absolute Gasteiger partial charge is 0.410 e. The third-order valence-corrected chi connectivity index (χ3v) is 7.63. The van der Waals surface area contributed by atoms with E-state index in [2.05, 4.69) is 4.99 Å². The van der Waals surface area contributed by atoms with Gasteiger partial charge in [-0.3, -0.25) is 0 Å². The second-order valence-electron chi connectivity index (χ2n) is 8.12. The first-order valence-corrected chi connectivity index (χ1v) is 11.7. The van der Waals surface area contributed by atoms with Crippen LogP contribution in [0, 0.1) is 6.92 Å². The third-order valence-electron chi connectivity index (χ3n) is 5.83. The van der Waals surface area contributed by atoms with Gasteiger partial charge < -0.3 is 19.6 Å². The average Bonchev–Trinajstić information content (AvgIpc) is 2.72. The Labute approximate surface area is 184 Å². The lowest BCUT2D eigenvalue weighted by molar-refractivity contribution is -0.172. The number of halogens is 3. The van der Waals surface area contributed by atoms with E-state index in [4.69, 9.17) is 4.74 Å². The minimum absolute atomic E-state index is 0.137. The lowest BCUT2D eigenvalue weighted by atomic mass is 10.1. The van der Waals surface area contributed by atoms with Gasteiger partial charge in [0.1, 0.15) is 11.9 Å². The standard InChI is InChI=1S/C20H25F3N4O4S/c1-13-3-5-15(6-4-13)32(29,30)27-16(20(21,22)23)7-8-26-18(28)11-17(24-19(26)27)25-9-10-31-12-14(25)2/h3-6,11,14,16,18,28H,7-10,12H2,1-2H3/t14-,16+,18?/m1/s1. The highest BCUT2D eigenvalue weighted by atomic mass is 32.2. The molecule has 1 aromatic carbocycles. The summed E-state index contributed by atoms with van der Waals surface area (Å²) in [5.41, 5.74) is 0.772. The normalized spacial score (nSPS) is 27.1. The number of benzene rings is 1. The third kappa shape index (κ3) is 4.06. The number of hydrogen-bond acceptors (Lipinski definition) is 7. The van der Waals surface area contributed by atoms with E-state index in [1.54, 1.807) is 11.8 Å². The quantitative estimate of drug-likeness (QED) is 0.720. The summed E-state index contributed by atoms with van der Waals surface area (Å²) >= 11 is 0. The van der Waals surface area contributed by atoms with Crippen molar-refractivity contribution in [1.82, 2.24) is 14.1 Å². The fourth-order valence-corrected chi connectivity index (χ4v) is 5.72. The van der Waals surface area contributed by atoms with E-state index in [1.165, 1.54) is 35.2 Å². The molecule has 3 aliphatic heterocycles. The lowest BCUT2D eigenvalue weighted by Gasteiger charge is -2.47. The molecule has 2 fully saturated rings. The number of aryl methyl sites for hydroxylation is 1. The number of ether oxygens (including phenoxy) is 1. The molecular weight excluding hydrogens is 449 g/mol. The van der Waals surface area contributed by atoms with Crippen LogP contribution in [0.4, 0.5) is 13.2 Å². The smallest absolute Gasteiger partial charge is 0.377 e. The number of alkyl halides is 3. The molecule has 1 N–H and O–H groups in total. The van der Waals surface area contributed by atoms with Crippen LogP contribution in [0.1, 0.15) is 18.9 Å². The topological polar surface area (TPSA) is 85.7 Å². The van der Waals surface area contributed by atoms with E-state index < -0.39 is 40.8 Å². The van der Waals surface area contributed by atoms with Gasteiger partial charge in [-0.05, 0) is 32.4 Å². The van der Waals surface area contributed by atoms with Crippen LogP contribution in [-0.2, 0) is 14.8 Å². The fraction of sp³-hybridized carbons (Fsp3) is 0.550. The summed E-state index contributed by atoms with van der Waals surface area (Å²) in [6.07, 6.45) is -5.22. The molecule has 0 aromatic heterocycles. The van der Waals surface area contributed by atoms with Gasteiger partial charge in [0, 0.05) is 19.2 Å². The number of aliphatic hydroxyl groups excluding tert-OH is 1. The van der Waals surface area contributed by atoms with Crippen LogP contribution in [-0.4, -0.2) is 84.4 Å². The number of nitrogens with zero attached hydrogens (tertiary/aromatic N) is 4. The van der Waals surface area contributed by atoms with Crippen LogP contribution in [0.15, 0.2) is 46.1 Å². The number of aliphatic hydroxyl groups is 1. The molecule has 0 radical (unpaired) electrons. The summed E-state index contributed by atoms with van der Waals surface area (Å²) in [5, 5.41) is 10.7. The maximum absolute atomic E-state index is 14.0. The first-order valence-electron chi connectivity index (χ1n) is 10.3. The fourth-order valence-electron chi connectivity index (χ4n) is 4.09. The second kappa shape index (κ2) is 8.23. The van der Waals surface area contributed by atoms with E-state index in [1.807, 2.05) is 6.92 Å². The maximum Gasteiger partial charge on any atom is 0.410 e. The molecule has 0 spiro atoms. The van der Waals surface area contributed by atoms with Gasteiger partial charge in [-0.2, -0.15) is 18.2 Å². The molecule has 176 valence electrons. The van der Waals surface area contributed by atoms with Crippen molar-refractivity contribution in [3.05, 3.63) is 41.7 Å². The first kappa shape index (κ1) is 22.9. The molecule has 0 bridgehead atoms. The van der Waals surface area contributed by atoms with Gasteiger partial charge in [0.2, 0.25) is 5.96 Å². The van der Waals surface area contributed by atoms with Crippen LogP contribution in [0.25, 0.3) is 0 Å². The van der Waals surface area contributed by atoms with Crippen molar-refractivity contribution < 1.29 is 31.4 Å². The highest BCUT2D eigenvalue weighted by molar-refractivity contribution is 7.89. The van der Waals surface area contributed by atoms with Gasteiger partial charge in [-0.1, -0.05) is 17.7 Å². The van der Waals surface area contributed by atoms with Crippen molar-refractivity contribution in [2.75, 3.05) is 26.3 Å². The molecular formula is C20H25F3N4O4S. The monoisotopic (exact) mass is 474 g/mol. The Hall–Kier alpha value is -2.31. The van der Waals surface area contributed by atoms with Crippen LogP contribution in [0.2, 0.25) is 0 Å². The molecule has 0 amide bonds. The number of aliphatic imine (C=N–C) groups is 1. The van der Waals surface area contributed by atoms with Crippen LogP contribution < -0.4 is 0 Å². The van der Waals surface area contributed by atoms with E-state index in [9.17, 15) is 26.7 Å². The Kier molecular flexibility index (Phi) is 5.88. The SMILES string of the molecule is Cc1ccc(S(=O)(=O)N2C3=NC(N4CCOC[C@H]4C)=CC(O)N3CC[C@H]2C(F)(F)F)cc1. The van der Waals surface area contributed by atoms with Crippen molar-refractivity contribution >= 4 is 16.0 Å². The minimum atomic E-state index is -4.81. The zero-order valence-electron chi connectivity index (χ0n) is 17.7. The zero-order chi connectivity index (χ0) is 23.3. The molecule has 12 heteroatoms. The van der Waals surface area contributed by atoms with E-state index in [0.29, 0.717) is 24.1 Å². The predicted molar refractivity (Wildman–Crippen MR) is 110 cm³/mol. The molecule has 3 atom stereocenters. The Balaban J connectivity index is 1.83. The molecule has 0 saturated carbocycles. The van der Waals surface area contributed by atoms with Crippen LogP contribution in [0.3, 0.4) is 0 Å². The highest BCUT2D eigenvalue weighted by Gasteiger charge is 2.54. The molecule has 3 aliphatic rings. The van der Waals surface area contributed by atoms with Gasteiger partial charge in [-0.25, -0.2) is 12.7 Å². The highest BCUT2D eigenvalue weighted by Crippen LogP contribution is 2.37. The number of fused-ring (bicyclic) bond motifs is 1. The summed E-state index contributed by atoms with van der Waals surface area (Å²) in [4.78, 5) is 7.05. The van der Waals surface area contributed by atoms with Crippen LogP contribution in [0.5, 0.6) is 0 Å². The average molecular weight is 475 g/mol. The van der Waals surface area contributed by atoms with Crippen LogP contribution >= 0.6 is 0 Å². The van der Waals surface area contributed by atoms with E-state index in [0.717, 1.165) is 5.56 Å². The summed E-state index contributed by atoms with van der Waals surface area (Å²) in [5.74, 6) is -0.200. The van der Waals surface area contributed by atoms with Crippen molar-refractivity contribution in [2.45, 2.75) is 49.7 Å². The van der Waals surface area contributed by atoms with Gasteiger partial charge in [0.15, 0.2) is 6.23 Å². The Morgan fingerprint density at radius 1 is 1.16 bits per heavy atom. The van der Waals surface area contributed by atoms with E-state index in [-0.39, 0.29) is 23.3 Å². The van der Waals surface area contributed by atoms with Gasteiger partial charge in [0.05, 0.1) is 24.2 Å². The van der Waals surface area contributed by atoms with Gasteiger partial charge in [0.25, 0.3) is 10.0 Å². The number of guanidine groups is 1. The van der Waals surface area contributed by atoms with Gasteiger partial charge in [-0.15, -0.1) is 0 Å². The number of sulfonamides is 1. The maximum atomic E-state index is 14.0. The first-order chi connectivity index (χ1) is 15.0. The van der Waals surface area contributed by atoms with Crippen molar-refractivity contribution in [3.8, 4) is 0 Å².